The van der Waals surface area contributed by atoms with E-state index in [2.05, 4.69) is 27.3 Å². The van der Waals surface area contributed by atoms with E-state index in [4.69, 9.17) is 0 Å². The van der Waals surface area contributed by atoms with Crippen molar-refractivity contribution >= 4 is 27.0 Å². The molecule has 1 aromatic heterocycles. The lowest BCUT2D eigenvalue weighted by Crippen LogP contribution is -2.30. The molecule has 9 heteroatoms. The van der Waals surface area contributed by atoms with Gasteiger partial charge in [0.2, 0.25) is 10.0 Å². The van der Waals surface area contributed by atoms with Gasteiger partial charge in [-0.2, -0.15) is 0 Å². The molecule has 154 valence electrons. The minimum absolute atomic E-state index is 0.148. The molecule has 0 saturated heterocycles. The molecule has 0 atom stereocenters. The Hall–Kier alpha value is -2.78. The number of sulfonamides is 1. The summed E-state index contributed by atoms with van der Waals surface area (Å²) in [6.07, 6.45) is 0.928. The van der Waals surface area contributed by atoms with Gasteiger partial charge in [-0.1, -0.05) is 24.3 Å². The summed E-state index contributed by atoms with van der Waals surface area (Å²) in [6.45, 7) is 6.39. The average Bonchev–Trinajstić information content (AvgIpc) is 3.09. The number of carbonyl (C=O) groups is 1. The van der Waals surface area contributed by atoms with E-state index in [-0.39, 0.29) is 16.8 Å². The van der Waals surface area contributed by atoms with E-state index in [1.165, 1.54) is 17.7 Å². The summed E-state index contributed by atoms with van der Waals surface area (Å²) in [6, 6.07) is 12.0. The number of rotatable bonds is 8. The third kappa shape index (κ3) is 4.99. The highest BCUT2D eigenvalue weighted by Crippen LogP contribution is 2.17. The van der Waals surface area contributed by atoms with E-state index in [1.54, 1.807) is 24.6 Å². The lowest BCUT2D eigenvalue weighted by Gasteiger charge is -2.09. The summed E-state index contributed by atoms with van der Waals surface area (Å²) in [5, 5.41) is 11.0. The molecule has 0 aliphatic rings. The van der Waals surface area contributed by atoms with Crippen LogP contribution in [0.2, 0.25) is 0 Å². The number of hydrogen-bond acceptors (Lipinski definition) is 5. The zero-order valence-electron chi connectivity index (χ0n) is 16.7. The minimum Gasteiger partial charge on any atom is -0.350 e. The number of carbonyl (C=O) groups excluding carboxylic acids is 1. The molecule has 0 unspecified atom stereocenters. The van der Waals surface area contributed by atoms with Crippen LogP contribution in [0.5, 0.6) is 0 Å². The van der Waals surface area contributed by atoms with Gasteiger partial charge in [0, 0.05) is 18.2 Å². The van der Waals surface area contributed by atoms with Crippen LogP contribution in [0.1, 0.15) is 36.7 Å². The Morgan fingerprint density at radius 2 is 1.86 bits per heavy atom. The Kier molecular flexibility index (Phi) is 6.29. The first-order valence-corrected chi connectivity index (χ1v) is 11.0. The third-order valence-corrected chi connectivity index (χ3v) is 6.08. The molecule has 2 N–H and O–H groups in total. The minimum atomic E-state index is -3.59. The van der Waals surface area contributed by atoms with Crippen LogP contribution in [0, 0.1) is 0 Å². The van der Waals surface area contributed by atoms with Gasteiger partial charge in [-0.15, -0.1) is 5.10 Å². The van der Waals surface area contributed by atoms with Crippen LogP contribution in [0.3, 0.4) is 0 Å². The van der Waals surface area contributed by atoms with Crippen molar-refractivity contribution in [3.8, 4) is 0 Å². The molecule has 8 nitrogen and oxygen atoms in total. The topological polar surface area (TPSA) is 106 Å². The first kappa shape index (κ1) is 20.9. The highest BCUT2D eigenvalue weighted by molar-refractivity contribution is 7.89. The summed E-state index contributed by atoms with van der Waals surface area (Å²) < 4.78 is 28.8. The molecule has 0 radical (unpaired) electrons. The summed E-state index contributed by atoms with van der Waals surface area (Å²) in [4.78, 5) is 12.4. The summed E-state index contributed by atoms with van der Waals surface area (Å²) in [5.41, 5.74) is 2.98. The number of aromatic nitrogens is 3. The largest absolute Gasteiger partial charge is 0.350 e. The molecule has 0 bridgehead atoms. The van der Waals surface area contributed by atoms with Gasteiger partial charge < -0.3 is 5.32 Å². The van der Waals surface area contributed by atoms with Crippen molar-refractivity contribution < 1.29 is 13.2 Å². The second-order valence-electron chi connectivity index (χ2n) is 7.05. The summed E-state index contributed by atoms with van der Waals surface area (Å²) >= 11 is 0. The molecule has 0 saturated carbocycles. The summed E-state index contributed by atoms with van der Waals surface area (Å²) in [5.74, 6) is -0.148. The second kappa shape index (κ2) is 8.71. The number of nitrogens with zero attached hydrogens (tertiary/aromatic N) is 3. The molecule has 3 rings (SSSR count). The lowest BCUT2D eigenvalue weighted by molar-refractivity contribution is 0.0952. The smallest absolute Gasteiger partial charge is 0.251 e. The van der Waals surface area contributed by atoms with E-state index in [0.29, 0.717) is 29.7 Å². The van der Waals surface area contributed by atoms with Gasteiger partial charge in [-0.3, -0.25) is 4.79 Å². The zero-order valence-corrected chi connectivity index (χ0v) is 17.5. The predicted octanol–water partition coefficient (Wildman–Crippen LogP) is 2.11. The van der Waals surface area contributed by atoms with E-state index in [1.807, 2.05) is 24.3 Å². The van der Waals surface area contributed by atoms with Crippen molar-refractivity contribution in [2.45, 2.75) is 44.7 Å². The quantitative estimate of drug-likeness (QED) is 0.586. The standard InChI is InChI=1S/C20H25N5O3S/c1-4-15-5-7-16(8-6-15)20(26)21-11-12-25-19-10-9-17(13-18(19)22-24-25)29(27,28)23-14(2)3/h5-10,13-14,23H,4,11-12H2,1-3H3,(H,21,26). The molecular formula is C20H25N5O3S. The van der Waals surface area contributed by atoms with Crippen molar-refractivity contribution in [2.24, 2.45) is 0 Å². The van der Waals surface area contributed by atoms with Crippen molar-refractivity contribution in [1.82, 2.24) is 25.0 Å². The van der Waals surface area contributed by atoms with Crippen LogP contribution in [-0.2, 0) is 23.0 Å². The molecule has 2 aromatic carbocycles. The second-order valence-corrected chi connectivity index (χ2v) is 8.76. The molecular weight excluding hydrogens is 390 g/mol. The fraction of sp³-hybridized carbons (Fsp3) is 0.350. The molecule has 0 aliphatic heterocycles. The highest BCUT2D eigenvalue weighted by atomic mass is 32.2. The Bertz CT molecular complexity index is 1100. The van der Waals surface area contributed by atoms with E-state index in [9.17, 15) is 13.2 Å². The Morgan fingerprint density at radius 3 is 2.52 bits per heavy atom. The van der Waals surface area contributed by atoms with E-state index >= 15 is 0 Å². The molecule has 29 heavy (non-hydrogen) atoms. The van der Waals surface area contributed by atoms with Gasteiger partial charge in [-0.05, 0) is 56.2 Å². The van der Waals surface area contributed by atoms with Crippen LogP contribution in [-0.4, -0.2) is 41.9 Å². The van der Waals surface area contributed by atoms with Crippen molar-refractivity contribution in [2.75, 3.05) is 6.54 Å². The molecule has 3 aromatic rings. The average molecular weight is 416 g/mol. The van der Waals surface area contributed by atoms with Gasteiger partial charge in [0.05, 0.1) is 17.0 Å². The van der Waals surface area contributed by atoms with Gasteiger partial charge >= 0.3 is 0 Å². The fourth-order valence-electron chi connectivity index (χ4n) is 2.93. The maximum atomic E-state index is 12.3. The maximum absolute atomic E-state index is 12.3. The first-order chi connectivity index (χ1) is 13.8. The Morgan fingerprint density at radius 1 is 1.14 bits per heavy atom. The summed E-state index contributed by atoms with van der Waals surface area (Å²) in [7, 11) is -3.59. The molecule has 0 fully saturated rings. The number of benzene rings is 2. The van der Waals surface area contributed by atoms with Crippen molar-refractivity contribution in [1.29, 1.82) is 0 Å². The van der Waals surface area contributed by atoms with Crippen molar-refractivity contribution in [3.63, 3.8) is 0 Å². The van der Waals surface area contributed by atoms with Crippen LogP contribution in [0.25, 0.3) is 11.0 Å². The van der Waals surface area contributed by atoms with Crippen LogP contribution >= 0.6 is 0 Å². The highest BCUT2D eigenvalue weighted by Gasteiger charge is 2.17. The van der Waals surface area contributed by atoms with Crippen LogP contribution in [0.15, 0.2) is 47.4 Å². The van der Waals surface area contributed by atoms with Gasteiger partial charge in [0.25, 0.3) is 5.91 Å². The Balaban J connectivity index is 1.65. The number of amides is 1. The Labute approximate surface area is 170 Å². The van der Waals surface area contributed by atoms with E-state index < -0.39 is 10.0 Å². The first-order valence-electron chi connectivity index (χ1n) is 9.53. The lowest BCUT2D eigenvalue weighted by atomic mass is 10.1. The monoisotopic (exact) mass is 415 g/mol. The van der Waals surface area contributed by atoms with Crippen molar-refractivity contribution in [3.05, 3.63) is 53.6 Å². The number of fused-ring (bicyclic) bond motifs is 1. The molecule has 1 amide bonds. The van der Waals surface area contributed by atoms with Crippen LogP contribution in [0.4, 0.5) is 0 Å². The maximum Gasteiger partial charge on any atom is 0.251 e. The SMILES string of the molecule is CCc1ccc(C(=O)NCCn2nnc3cc(S(=O)(=O)NC(C)C)ccc32)cc1. The number of aryl methyl sites for hydroxylation is 1. The fourth-order valence-corrected chi connectivity index (χ4v) is 4.20. The van der Waals surface area contributed by atoms with Crippen LogP contribution < -0.4 is 10.0 Å². The zero-order chi connectivity index (χ0) is 21.0. The predicted molar refractivity (Wildman–Crippen MR) is 111 cm³/mol. The molecule has 1 heterocycles. The van der Waals surface area contributed by atoms with Gasteiger partial charge in [0.15, 0.2) is 0 Å². The number of nitrogens with one attached hydrogen (secondary N) is 2. The normalized spacial score (nSPS) is 11.9. The van der Waals surface area contributed by atoms with Gasteiger partial charge in [-0.25, -0.2) is 17.8 Å². The molecule has 0 aliphatic carbocycles. The number of hydrogen-bond donors (Lipinski definition) is 2. The third-order valence-electron chi connectivity index (χ3n) is 4.42. The van der Waals surface area contributed by atoms with E-state index in [0.717, 1.165) is 6.42 Å². The van der Waals surface area contributed by atoms with Gasteiger partial charge in [0.1, 0.15) is 5.52 Å². The molecule has 0 spiro atoms.